The fourth-order valence-electron chi connectivity index (χ4n) is 8.72. The van der Waals surface area contributed by atoms with Gasteiger partial charge in [0.2, 0.25) is 0 Å². The zero-order chi connectivity index (χ0) is 33.8. The van der Waals surface area contributed by atoms with Crippen molar-refractivity contribution in [2.24, 2.45) is 0 Å². The van der Waals surface area contributed by atoms with Crippen molar-refractivity contribution in [1.82, 2.24) is 19.1 Å². The van der Waals surface area contributed by atoms with Crippen LogP contribution >= 0.6 is 0 Å². The summed E-state index contributed by atoms with van der Waals surface area (Å²) in [4.78, 5) is 10.9. The summed E-state index contributed by atoms with van der Waals surface area (Å²) in [7, 11) is 0. The van der Waals surface area contributed by atoms with Gasteiger partial charge in [0.05, 0.1) is 33.1 Å². The van der Waals surface area contributed by atoms with Gasteiger partial charge < -0.3 is 4.57 Å². The van der Waals surface area contributed by atoms with Crippen LogP contribution in [0.25, 0.3) is 88.5 Å². The molecule has 3 heterocycles. The van der Waals surface area contributed by atoms with Gasteiger partial charge in [-0.2, -0.15) is 0 Å². The molecule has 0 N–H and O–H groups in total. The van der Waals surface area contributed by atoms with Crippen molar-refractivity contribution in [2.75, 3.05) is 0 Å². The summed E-state index contributed by atoms with van der Waals surface area (Å²) in [5.74, 6) is 0.830. The number of hydrogen-bond donors (Lipinski definition) is 0. The van der Waals surface area contributed by atoms with Crippen LogP contribution in [0.1, 0.15) is 25.0 Å². The fraction of sp³-hybridized carbons (Fsp3) is 0.0638. The largest absolute Gasteiger partial charge is 0.309 e. The minimum absolute atomic E-state index is 0.0700. The maximum atomic E-state index is 5.45. The Bertz CT molecular complexity index is 3050. The lowest BCUT2D eigenvalue weighted by Gasteiger charge is -2.21. The third-order valence-electron chi connectivity index (χ3n) is 11.1. The molecular weight excluding hydrogens is 621 g/mol. The minimum Gasteiger partial charge on any atom is -0.309 e. The van der Waals surface area contributed by atoms with Gasteiger partial charge in [0.25, 0.3) is 0 Å². The Hall–Kier alpha value is -6.52. The first-order valence-corrected chi connectivity index (χ1v) is 17.6. The summed E-state index contributed by atoms with van der Waals surface area (Å²) < 4.78 is 4.74. The number of para-hydroxylation sites is 5. The van der Waals surface area contributed by atoms with Crippen molar-refractivity contribution in [3.8, 4) is 33.9 Å². The summed E-state index contributed by atoms with van der Waals surface area (Å²) in [6.07, 6.45) is 0. The zero-order valence-corrected chi connectivity index (χ0v) is 28.3. The van der Waals surface area contributed by atoms with E-state index in [1.807, 2.05) is 12.1 Å². The van der Waals surface area contributed by atoms with E-state index in [1.54, 1.807) is 0 Å². The van der Waals surface area contributed by atoms with Crippen molar-refractivity contribution < 1.29 is 0 Å². The van der Waals surface area contributed by atoms with Gasteiger partial charge >= 0.3 is 0 Å². The summed E-state index contributed by atoms with van der Waals surface area (Å²) in [5.41, 5.74) is 14.6. The Labute approximate surface area is 294 Å². The number of benzene rings is 7. The normalized spacial score (nSPS) is 13.5. The number of hydrogen-bond acceptors (Lipinski definition) is 2. The van der Waals surface area contributed by atoms with Crippen LogP contribution < -0.4 is 0 Å². The molecule has 0 saturated heterocycles. The standard InChI is InChI=1S/C47H32N4/c1-47(2)37-19-9-6-16-31(37)34-26-29(24-25-38(34)47)45-46(49-40-21-11-10-20-39(40)48-45)51-42-23-13-8-18-33(42)36-27-43-35(28-44(36)51)32-17-7-12-22-41(32)50(43)30-14-4-3-5-15-30/h3-28H,1-2H3. The van der Waals surface area contributed by atoms with Crippen molar-refractivity contribution in [3.63, 3.8) is 0 Å². The molecule has 240 valence electrons. The minimum atomic E-state index is -0.0700. The third-order valence-corrected chi connectivity index (χ3v) is 11.1. The number of fused-ring (bicyclic) bond motifs is 10. The van der Waals surface area contributed by atoms with Gasteiger partial charge in [-0.15, -0.1) is 0 Å². The van der Waals surface area contributed by atoms with E-state index in [-0.39, 0.29) is 5.41 Å². The molecule has 0 spiro atoms. The molecule has 3 aromatic heterocycles. The lowest BCUT2D eigenvalue weighted by Crippen LogP contribution is -2.14. The van der Waals surface area contributed by atoms with Gasteiger partial charge in [-0.05, 0) is 76.9 Å². The molecule has 0 radical (unpaired) electrons. The van der Waals surface area contributed by atoms with Crippen LogP contribution in [0.2, 0.25) is 0 Å². The van der Waals surface area contributed by atoms with Crippen LogP contribution in [0.4, 0.5) is 0 Å². The molecule has 7 aromatic carbocycles. The Morgan fingerprint density at radius 3 is 1.75 bits per heavy atom. The zero-order valence-electron chi connectivity index (χ0n) is 28.3. The third kappa shape index (κ3) is 3.90. The molecule has 4 heteroatoms. The van der Waals surface area contributed by atoms with Crippen LogP contribution in [0.15, 0.2) is 158 Å². The van der Waals surface area contributed by atoms with Gasteiger partial charge in [0.1, 0.15) is 5.69 Å². The molecule has 51 heavy (non-hydrogen) atoms. The Kier molecular flexibility index (Phi) is 5.70. The van der Waals surface area contributed by atoms with Gasteiger partial charge in [-0.25, -0.2) is 9.97 Å². The van der Waals surface area contributed by atoms with E-state index >= 15 is 0 Å². The number of aromatic nitrogens is 4. The van der Waals surface area contributed by atoms with Gasteiger partial charge in [-0.1, -0.05) is 117 Å². The monoisotopic (exact) mass is 652 g/mol. The lowest BCUT2D eigenvalue weighted by molar-refractivity contribution is 0.660. The number of rotatable bonds is 3. The van der Waals surface area contributed by atoms with Crippen molar-refractivity contribution in [2.45, 2.75) is 19.3 Å². The maximum Gasteiger partial charge on any atom is 0.165 e. The summed E-state index contributed by atoms with van der Waals surface area (Å²) in [6, 6.07) is 56.8. The van der Waals surface area contributed by atoms with Crippen LogP contribution in [0.3, 0.4) is 0 Å². The van der Waals surface area contributed by atoms with E-state index < -0.39 is 0 Å². The van der Waals surface area contributed by atoms with Gasteiger partial charge in [0, 0.05) is 38.2 Å². The first kappa shape index (κ1) is 28.3. The van der Waals surface area contributed by atoms with Crippen molar-refractivity contribution >= 4 is 54.6 Å². The van der Waals surface area contributed by atoms with Crippen LogP contribution in [-0.4, -0.2) is 19.1 Å². The average molecular weight is 653 g/mol. The van der Waals surface area contributed by atoms with E-state index in [1.165, 1.54) is 54.8 Å². The van der Waals surface area contributed by atoms with Crippen molar-refractivity contribution in [3.05, 3.63) is 169 Å². The molecule has 0 unspecified atom stereocenters. The van der Waals surface area contributed by atoms with Crippen LogP contribution in [0, 0.1) is 0 Å². The van der Waals surface area contributed by atoms with E-state index in [9.17, 15) is 0 Å². The average Bonchev–Trinajstić information content (AvgIpc) is 3.76. The molecule has 0 amide bonds. The predicted octanol–water partition coefficient (Wildman–Crippen LogP) is 11.8. The second kappa shape index (κ2) is 10.3. The fourth-order valence-corrected chi connectivity index (χ4v) is 8.72. The van der Waals surface area contributed by atoms with Crippen LogP contribution in [0.5, 0.6) is 0 Å². The second-order valence-corrected chi connectivity index (χ2v) is 14.2. The highest BCUT2D eigenvalue weighted by atomic mass is 15.1. The predicted molar refractivity (Wildman–Crippen MR) is 211 cm³/mol. The smallest absolute Gasteiger partial charge is 0.165 e. The Morgan fingerprint density at radius 2 is 1.00 bits per heavy atom. The van der Waals surface area contributed by atoms with E-state index in [4.69, 9.17) is 9.97 Å². The van der Waals surface area contributed by atoms with E-state index in [0.717, 1.165) is 44.8 Å². The summed E-state index contributed by atoms with van der Waals surface area (Å²) >= 11 is 0. The molecule has 0 atom stereocenters. The SMILES string of the molecule is CC1(C)c2ccccc2-c2cc(-c3nc4ccccc4nc3-n3c4ccccc4c4cc5c(cc43)c3ccccc3n5-c3ccccc3)ccc21. The second-order valence-electron chi connectivity index (χ2n) is 14.2. The lowest BCUT2D eigenvalue weighted by atomic mass is 9.82. The quantitative estimate of drug-likeness (QED) is 0.190. The Balaban J connectivity index is 1.25. The van der Waals surface area contributed by atoms with Crippen molar-refractivity contribution in [1.29, 1.82) is 0 Å². The van der Waals surface area contributed by atoms with Crippen LogP contribution in [-0.2, 0) is 5.41 Å². The molecule has 11 rings (SSSR count). The molecule has 1 aliphatic rings. The highest BCUT2D eigenvalue weighted by Crippen LogP contribution is 2.50. The molecule has 0 bridgehead atoms. The summed E-state index contributed by atoms with van der Waals surface area (Å²) in [5, 5.41) is 4.80. The molecule has 10 aromatic rings. The molecule has 0 saturated carbocycles. The molecule has 1 aliphatic carbocycles. The van der Waals surface area contributed by atoms with Gasteiger partial charge in [-0.3, -0.25) is 4.57 Å². The molecule has 0 aliphatic heterocycles. The maximum absolute atomic E-state index is 5.45. The van der Waals surface area contributed by atoms with E-state index in [0.29, 0.717) is 0 Å². The Morgan fingerprint density at radius 1 is 0.431 bits per heavy atom. The topological polar surface area (TPSA) is 35.6 Å². The highest BCUT2D eigenvalue weighted by molar-refractivity contribution is 6.19. The highest BCUT2D eigenvalue weighted by Gasteiger charge is 2.35. The van der Waals surface area contributed by atoms with Gasteiger partial charge in [0.15, 0.2) is 5.82 Å². The number of nitrogens with zero attached hydrogens (tertiary/aromatic N) is 4. The summed E-state index contributed by atoms with van der Waals surface area (Å²) in [6.45, 7) is 4.65. The van der Waals surface area contributed by atoms with E-state index in [2.05, 4.69) is 169 Å². The molecular formula is C47H32N4. The molecule has 0 fully saturated rings. The molecule has 4 nitrogen and oxygen atoms in total. The first-order chi connectivity index (χ1) is 25.1. The first-order valence-electron chi connectivity index (χ1n) is 17.6.